The normalized spacial score (nSPS) is 12.1. The first-order chi connectivity index (χ1) is 28.8. The molecule has 4 heterocycles. The number of benzene rings is 9. The molecule has 4 nitrogen and oxygen atoms in total. The molecule has 0 fully saturated rings. The molecule has 0 aliphatic carbocycles. The first-order valence-corrected chi connectivity index (χ1v) is 19.9. The van der Waals surface area contributed by atoms with Crippen molar-refractivity contribution in [3.05, 3.63) is 200 Å². The van der Waals surface area contributed by atoms with Crippen molar-refractivity contribution in [2.45, 2.75) is 0 Å². The lowest BCUT2D eigenvalue weighted by atomic mass is 9.96. The lowest BCUT2D eigenvalue weighted by Gasteiger charge is -2.14. The van der Waals surface area contributed by atoms with E-state index in [1.165, 1.54) is 65.5 Å². The molecule has 0 saturated heterocycles. The van der Waals surface area contributed by atoms with Crippen LogP contribution in [-0.4, -0.2) is 13.7 Å². The Labute approximate surface area is 332 Å². The summed E-state index contributed by atoms with van der Waals surface area (Å²) >= 11 is 0. The number of aromatic nitrogens is 3. The van der Waals surface area contributed by atoms with Crippen molar-refractivity contribution < 1.29 is 4.42 Å². The number of fused-ring (bicyclic) bond motifs is 13. The lowest BCUT2D eigenvalue weighted by molar-refractivity contribution is 0.666. The number of rotatable bonds is 4. The molecule has 4 aromatic heterocycles. The molecule has 4 heteroatoms. The Balaban J connectivity index is 1.18. The maximum Gasteiger partial charge on any atom is 0.159 e. The van der Waals surface area contributed by atoms with Gasteiger partial charge in [0, 0.05) is 60.0 Å². The van der Waals surface area contributed by atoms with Crippen molar-refractivity contribution >= 4 is 87.4 Å². The van der Waals surface area contributed by atoms with Crippen LogP contribution in [0.1, 0.15) is 0 Å². The Morgan fingerprint density at radius 1 is 0.328 bits per heavy atom. The fraction of sp³-hybridized carbons (Fsp3) is 0. The van der Waals surface area contributed by atoms with Crippen molar-refractivity contribution in [2.75, 3.05) is 0 Å². The Kier molecular flexibility index (Phi) is 6.41. The molecule has 0 bridgehead atoms. The summed E-state index contributed by atoms with van der Waals surface area (Å²) in [4.78, 5) is 0. The highest BCUT2D eigenvalue weighted by molar-refractivity contribution is 6.29. The van der Waals surface area contributed by atoms with Gasteiger partial charge in [-0.15, -0.1) is 0 Å². The van der Waals surface area contributed by atoms with Crippen LogP contribution in [0.2, 0.25) is 0 Å². The fourth-order valence-electron chi connectivity index (χ4n) is 9.82. The van der Waals surface area contributed by atoms with Crippen LogP contribution in [0.3, 0.4) is 0 Å². The van der Waals surface area contributed by atoms with Gasteiger partial charge in [-0.1, -0.05) is 127 Å². The minimum Gasteiger partial charge on any atom is -0.454 e. The smallest absolute Gasteiger partial charge is 0.159 e. The molecule has 9 aromatic carbocycles. The minimum absolute atomic E-state index is 0.893. The Bertz CT molecular complexity index is 3790. The van der Waals surface area contributed by atoms with Crippen LogP contribution < -0.4 is 0 Å². The maximum atomic E-state index is 6.61. The third-order valence-corrected chi connectivity index (χ3v) is 12.2. The van der Waals surface area contributed by atoms with E-state index in [9.17, 15) is 0 Å². The van der Waals surface area contributed by atoms with Crippen molar-refractivity contribution in [3.63, 3.8) is 0 Å². The monoisotopic (exact) mass is 739 g/mol. The van der Waals surface area contributed by atoms with Gasteiger partial charge in [0.15, 0.2) is 5.58 Å². The molecule has 0 amide bonds. The molecule has 58 heavy (non-hydrogen) atoms. The molecule has 13 aromatic rings. The average molecular weight is 740 g/mol. The zero-order valence-corrected chi connectivity index (χ0v) is 31.3. The molecule has 0 saturated carbocycles. The van der Waals surface area contributed by atoms with E-state index in [1.54, 1.807) is 0 Å². The second-order valence-electron chi connectivity index (χ2n) is 15.3. The third-order valence-electron chi connectivity index (χ3n) is 12.2. The lowest BCUT2D eigenvalue weighted by Crippen LogP contribution is -1.97. The number of hydrogen-bond acceptors (Lipinski definition) is 1. The van der Waals surface area contributed by atoms with Gasteiger partial charge in [0.2, 0.25) is 0 Å². The number of hydrogen-bond donors (Lipinski definition) is 0. The van der Waals surface area contributed by atoms with E-state index < -0.39 is 0 Å². The minimum atomic E-state index is 0.893. The maximum absolute atomic E-state index is 6.61. The van der Waals surface area contributed by atoms with E-state index in [2.05, 4.69) is 208 Å². The van der Waals surface area contributed by atoms with E-state index in [4.69, 9.17) is 4.42 Å². The molecular formula is C54H33N3O. The second kappa shape index (κ2) is 11.8. The summed E-state index contributed by atoms with van der Waals surface area (Å²) in [6.07, 6.45) is 0. The number of para-hydroxylation sites is 7. The zero-order valence-electron chi connectivity index (χ0n) is 31.3. The van der Waals surface area contributed by atoms with Gasteiger partial charge < -0.3 is 18.1 Å². The van der Waals surface area contributed by atoms with Crippen molar-refractivity contribution in [1.82, 2.24) is 13.7 Å². The predicted molar refractivity (Wildman–Crippen MR) is 242 cm³/mol. The molecule has 13 rings (SSSR count). The standard InChI is InChI=1S/C54H33N3O/c1-3-16-35(17-4-1)55-45-25-11-8-21-38(45)44-33-42(52-51(53(44)55)41-23-9-13-27-47(41)56(52)36-18-5-2-6-19-36)34-30-31-48-43(32-34)37-20-7-12-26-46(37)57(48)49-28-15-24-40-39-22-10-14-29-50(39)58-54(40)49/h1-33H. The fourth-order valence-corrected chi connectivity index (χ4v) is 9.82. The molecule has 0 radical (unpaired) electrons. The predicted octanol–water partition coefficient (Wildman–Crippen LogP) is 14.5. The van der Waals surface area contributed by atoms with Crippen molar-refractivity contribution in [3.8, 4) is 28.2 Å². The van der Waals surface area contributed by atoms with Gasteiger partial charge in [0.25, 0.3) is 0 Å². The summed E-state index contributed by atoms with van der Waals surface area (Å²) in [5.74, 6) is 0. The molecule has 0 spiro atoms. The van der Waals surface area contributed by atoms with Crippen LogP contribution in [0.15, 0.2) is 205 Å². The molecule has 0 N–H and O–H groups in total. The summed E-state index contributed by atoms with van der Waals surface area (Å²) in [6.45, 7) is 0. The van der Waals surface area contributed by atoms with Crippen LogP contribution in [0.5, 0.6) is 0 Å². The summed E-state index contributed by atoms with van der Waals surface area (Å²) in [5, 5.41) is 9.59. The molecule has 0 aliphatic heterocycles. The average Bonchev–Trinajstić information content (AvgIpc) is 4.03. The Hall–Kier alpha value is -7.82. The highest BCUT2D eigenvalue weighted by atomic mass is 16.3. The van der Waals surface area contributed by atoms with Crippen LogP contribution in [0.25, 0.3) is 116 Å². The third kappa shape index (κ3) is 4.23. The van der Waals surface area contributed by atoms with Gasteiger partial charge >= 0.3 is 0 Å². The Morgan fingerprint density at radius 2 is 0.862 bits per heavy atom. The van der Waals surface area contributed by atoms with E-state index in [-0.39, 0.29) is 0 Å². The molecule has 0 aliphatic rings. The SMILES string of the molecule is c1ccc(-n2c3ccccc3c3c2c(-c2ccc4c(c2)c2ccccc2n4-c2cccc4c2oc2ccccc24)cc2c4ccccc4n(-c4ccccc4)c23)cc1. The van der Waals surface area contributed by atoms with Gasteiger partial charge in [-0.3, -0.25) is 0 Å². The van der Waals surface area contributed by atoms with E-state index in [1.807, 2.05) is 6.07 Å². The molecule has 0 unspecified atom stereocenters. The van der Waals surface area contributed by atoms with Crippen molar-refractivity contribution in [1.29, 1.82) is 0 Å². The van der Waals surface area contributed by atoms with Gasteiger partial charge in [-0.25, -0.2) is 0 Å². The molecule has 0 atom stereocenters. The highest BCUT2D eigenvalue weighted by Crippen LogP contribution is 2.47. The largest absolute Gasteiger partial charge is 0.454 e. The van der Waals surface area contributed by atoms with Crippen LogP contribution in [-0.2, 0) is 0 Å². The van der Waals surface area contributed by atoms with E-state index in [0.717, 1.165) is 50.0 Å². The molecular weight excluding hydrogens is 707 g/mol. The first-order valence-electron chi connectivity index (χ1n) is 19.9. The van der Waals surface area contributed by atoms with Crippen LogP contribution in [0, 0.1) is 0 Å². The van der Waals surface area contributed by atoms with E-state index in [0.29, 0.717) is 0 Å². The molecule has 270 valence electrons. The van der Waals surface area contributed by atoms with Gasteiger partial charge in [0.05, 0.1) is 38.8 Å². The van der Waals surface area contributed by atoms with Gasteiger partial charge in [-0.2, -0.15) is 0 Å². The summed E-state index contributed by atoms with van der Waals surface area (Å²) in [5.41, 5.74) is 14.5. The summed E-state index contributed by atoms with van der Waals surface area (Å²) in [6, 6.07) is 72.5. The number of nitrogens with zero attached hydrogens (tertiary/aromatic N) is 3. The zero-order chi connectivity index (χ0) is 37.9. The van der Waals surface area contributed by atoms with Gasteiger partial charge in [0.1, 0.15) is 5.58 Å². The topological polar surface area (TPSA) is 27.9 Å². The highest BCUT2D eigenvalue weighted by Gasteiger charge is 2.25. The van der Waals surface area contributed by atoms with Crippen LogP contribution >= 0.6 is 0 Å². The Morgan fingerprint density at radius 3 is 1.59 bits per heavy atom. The van der Waals surface area contributed by atoms with Crippen LogP contribution in [0.4, 0.5) is 0 Å². The second-order valence-corrected chi connectivity index (χ2v) is 15.3. The summed E-state index contributed by atoms with van der Waals surface area (Å²) < 4.78 is 13.9. The van der Waals surface area contributed by atoms with E-state index >= 15 is 0 Å². The van der Waals surface area contributed by atoms with Gasteiger partial charge in [-0.05, 0) is 78.4 Å². The number of furan rings is 1. The first kappa shape index (κ1) is 31.4. The van der Waals surface area contributed by atoms with Crippen molar-refractivity contribution in [2.24, 2.45) is 0 Å². The quantitative estimate of drug-likeness (QED) is 0.177. The summed E-state index contributed by atoms with van der Waals surface area (Å²) in [7, 11) is 0.